The zero-order valence-corrected chi connectivity index (χ0v) is 17.5. The van der Waals surface area contributed by atoms with Gasteiger partial charge >= 0.3 is 5.97 Å². The Morgan fingerprint density at radius 2 is 2.03 bits per heavy atom. The number of thiophene rings is 1. The van der Waals surface area contributed by atoms with Gasteiger partial charge in [0.15, 0.2) is 6.10 Å². The lowest BCUT2D eigenvalue weighted by Crippen LogP contribution is -2.37. The summed E-state index contributed by atoms with van der Waals surface area (Å²) < 4.78 is 5.61. The highest BCUT2D eigenvalue weighted by Gasteiger charge is 2.31. The number of rotatable bonds is 5. The molecule has 1 fully saturated rings. The number of para-hydroxylation sites is 1. The summed E-state index contributed by atoms with van der Waals surface area (Å²) in [6.45, 7) is 1.63. The van der Waals surface area contributed by atoms with Crippen LogP contribution in [0.3, 0.4) is 0 Å². The molecular weight excluding hydrogens is 396 g/mol. The van der Waals surface area contributed by atoms with Gasteiger partial charge in [-0.05, 0) is 67.3 Å². The molecule has 6 heteroatoms. The third-order valence-corrected chi connectivity index (χ3v) is 6.40. The SMILES string of the molecule is C[C@@H](OC(=O)c1c2c(nc3ccccc13)/C(=C/c1cccs1)CC2)C(=O)NC1CC1. The van der Waals surface area contributed by atoms with Gasteiger partial charge in [-0.3, -0.25) is 4.79 Å². The predicted octanol–water partition coefficient (Wildman–Crippen LogP) is 4.61. The molecule has 1 aromatic carbocycles. The third kappa shape index (κ3) is 3.63. The van der Waals surface area contributed by atoms with Gasteiger partial charge in [-0.15, -0.1) is 11.3 Å². The molecule has 0 spiro atoms. The summed E-state index contributed by atoms with van der Waals surface area (Å²) in [6.07, 6.45) is 4.87. The van der Waals surface area contributed by atoms with E-state index < -0.39 is 12.1 Å². The second-order valence-electron chi connectivity index (χ2n) is 7.85. The van der Waals surface area contributed by atoms with Gasteiger partial charge in [0.05, 0.1) is 16.8 Å². The summed E-state index contributed by atoms with van der Waals surface area (Å²) in [7, 11) is 0. The molecule has 0 bridgehead atoms. The number of hydrogen-bond acceptors (Lipinski definition) is 5. The lowest BCUT2D eigenvalue weighted by atomic mass is 10.0. The summed E-state index contributed by atoms with van der Waals surface area (Å²) in [5, 5.41) is 5.72. The molecule has 3 aromatic rings. The van der Waals surface area contributed by atoms with Gasteiger partial charge in [-0.25, -0.2) is 9.78 Å². The maximum Gasteiger partial charge on any atom is 0.339 e. The van der Waals surface area contributed by atoms with Crippen LogP contribution in [0.15, 0.2) is 41.8 Å². The van der Waals surface area contributed by atoms with Crippen molar-refractivity contribution in [3.63, 3.8) is 0 Å². The molecule has 152 valence electrons. The number of hydrogen-bond donors (Lipinski definition) is 1. The van der Waals surface area contributed by atoms with E-state index in [9.17, 15) is 9.59 Å². The maximum atomic E-state index is 13.2. The summed E-state index contributed by atoms with van der Waals surface area (Å²) in [5.41, 5.74) is 4.21. The quantitative estimate of drug-likeness (QED) is 0.615. The Morgan fingerprint density at radius 1 is 1.20 bits per heavy atom. The van der Waals surface area contributed by atoms with Crippen molar-refractivity contribution >= 4 is 45.8 Å². The van der Waals surface area contributed by atoms with Crippen molar-refractivity contribution < 1.29 is 14.3 Å². The second kappa shape index (κ2) is 7.69. The Bertz CT molecular complexity index is 1160. The summed E-state index contributed by atoms with van der Waals surface area (Å²) in [5.74, 6) is -0.695. The van der Waals surface area contributed by atoms with Crippen LogP contribution in [-0.4, -0.2) is 29.0 Å². The van der Waals surface area contributed by atoms with Crippen molar-refractivity contribution in [2.24, 2.45) is 0 Å². The van der Waals surface area contributed by atoms with E-state index in [0.29, 0.717) is 5.56 Å². The molecular formula is C24H22N2O3S. The van der Waals surface area contributed by atoms with Gasteiger partial charge in [-0.2, -0.15) is 0 Å². The standard InChI is InChI=1S/C24H22N2O3S/c1-14(23(27)25-16-9-10-16)29-24(28)21-18-6-2-3-7-20(18)26-22-15(8-11-19(21)22)13-17-5-4-12-30-17/h2-7,12-14,16H,8-11H2,1H3,(H,25,27)/b15-13+/t14-/m1/s1. The van der Waals surface area contributed by atoms with E-state index in [1.807, 2.05) is 35.7 Å². The largest absolute Gasteiger partial charge is 0.449 e. The van der Waals surface area contributed by atoms with Gasteiger partial charge in [-0.1, -0.05) is 24.3 Å². The Balaban J connectivity index is 1.53. The van der Waals surface area contributed by atoms with Gasteiger partial charge in [0, 0.05) is 16.3 Å². The van der Waals surface area contributed by atoms with Gasteiger partial charge in [0.25, 0.3) is 5.91 Å². The zero-order valence-electron chi connectivity index (χ0n) is 16.7. The van der Waals surface area contributed by atoms with Crippen LogP contribution in [0.2, 0.25) is 0 Å². The van der Waals surface area contributed by atoms with E-state index in [1.54, 1.807) is 18.3 Å². The number of nitrogens with zero attached hydrogens (tertiary/aromatic N) is 1. The molecule has 5 rings (SSSR count). The van der Waals surface area contributed by atoms with Crippen molar-refractivity contribution in [2.45, 2.75) is 44.8 Å². The fourth-order valence-electron chi connectivity index (χ4n) is 3.88. The highest BCUT2D eigenvalue weighted by Crippen LogP contribution is 2.38. The van der Waals surface area contributed by atoms with Crippen LogP contribution >= 0.6 is 11.3 Å². The van der Waals surface area contributed by atoms with Crippen LogP contribution in [0.4, 0.5) is 0 Å². The summed E-state index contributed by atoms with van der Waals surface area (Å²) >= 11 is 1.68. The number of benzene rings is 1. The van der Waals surface area contributed by atoms with Crippen LogP contribution < -0.4 is 5.32 Å². The smallest absolute Gasteiger partial charge is 0.339 e. The van der Waals surface area contributed by atoms with E-state index in [-0.39, 0.29) is 11.9 Å². The first kappa shape index (κ1) is 19.0. The average Bonchev–Trinajstić information content (AvgIpc) is 3.25. The average molecular weight is 419 g/mol. The van der Waals surface area contributed by atoms with Crippen LogP contribution in [0, 0.1) is 0 Å². The minimum atomic E-state index is -0.830. The molecule has 30 heavy (non-hydrogen) atoms. The number of amides is 1. The number of allylic oxidation sites excluding steroid dienone is 1. The van der Waals surface area contributed by atoms with Gasteiger partial charge < -0.3 is 10.1 Å². The number of ether oxygens (including phenoxy) is 1. The number of carbonyl (C=O) groups is 2. The Hall–Kier alpha value is -2.99. The number of esters is 1. The predicted molar refractivity (Wildman–Crippen MR) is 118 cm³/mol. The first-order chi connectivity index (χ1) is 14.6. The number of nitrogens with one attached hydrogen (secondary N) is 1. The Kier molecular flexibility index (Phi) is 4.87. The lowest BCUT2D eigenvalue weighted by molar-refractivity contribution is -0.129. The number of fused-ring (bicyclic) bond motifs is 2. The first-order valence-corrected chi connectivity index (χ1v) is 11.2. The zero-order chi connectivity index (χ0) is 20.7. The molecule has 0 saturated heterocycles. The molecule has 2 aliphatic rings. The third-order valence-electron chi connectivity index (χ3n) is 5.58. The second-order valence-corrected chi connectivity index (χ2v) is 8.83. The van der Waals surface area contributed by atoms with E-state index in [2.05, 4.69) is 17.5 Å². The van der Waals surface area contributed by atoms with Gasteiger partial charge in [0.2, 0.25) is 0 Å². The minimum absolute atomic E-state index is 0.231. The van der Waals surface area contributed by atoms with E-state index in [4.69, 9.17) is 9.72 Å². The fourth-order valence-corrected chi connectivity index (χ4v) is 4.56. The molecule has 0 aliphatic heterocycles. The molecule has 0 radical (unpaired) electrons. The molecule has 2 aromatic heterocycles. The van der Waals surface area contributed by atoms with Crippen molar-refractivity contribution in [3.8, 4) is 0 Å². The monoisotopic (exact) mass is 418 g/mol. The first-order valence-electron chi connectivity index (χ1n) is 10.3. The van der Waals surface area contributed by atoms with Crippen LogP contribution in [0.5, 0.6) is 0 Å². The molecule has 1 amide bonds. The fraction of sp³-hybridized carbons (Fsp3) is 0.292. The van der Waals surface area contributed by atoms with Crippen LogP contribution in [0.25, 0.3) is 22.6 Å². The topological polar surface area (TPSA) is 68.3 Å². The molecule has 5 nitrogen and oxygen atoms in total. The van der Waals surface area contributed by atoms with Gasteiger partial charge in [0.1, 0.15) is 0 Å². The molecule has 1 N–H and O–H groups in total. The summed E-state index contributed by atoms with van der Waals surface area (Å²) in [4.78, 5) is 31.5. The highest BCUT2D eigenvalue weighted by atomic mass is 32.1. The lowest BCUT2D eigenvalue weighted by Gasteiger charge is -2.16. The van der Waals surface area contributed by atoms with Crippen molar-refractivity contribution in [3.05, 3.63) is 63.5 Å². The molecule has 1 atom stereocenters. The van der Waals surface area contributed by atoms with Crippen LogP contribution in [-0.2, 0) is 16.0 Å². The minimum Gasteiger partial charge on any atom is -0.449 e. The molecule has 1 saturated carbocycles. The van der Waals surface area contributed by atoms with Crippen LogP contribution in [0.1, 0.15) is 52.7 Å². The van der Waals surface area contributed by atoms with E-state index in [1.165, 1.54) is 4.88 Å². The van der Waals surface area contributed by atoms with E-state index >= 15 is 0 Å². The molecule has 2 aliphatic carbocycles. The van der Waals surface area contributed by atoms with E-state index in [0.717, 1.165) is 53.4 Å². The van der Waals surface area contributed by atoms with Crippen molar-refractivity contribution in [1.82, 2.24) is 10.3 Å². The molecule has 2 heterocycles. The van der Waals surface area contributed by atoms with Crippen molar-refractivity contribution in [2.75, 3.05) is 0 Å². The van der Waals surface area contributed by atoms with Crippen molar-refractivity contribution in [1.29, 1.82) is 0 Å². The maximum absolute atomic E-state index is 13.2. The molecule has 0 unspecified atom stereocenters. The number of carbonyl (C=O) groups excluding carboxylic acids is 2. The number of aromatic nitrogens is 1. The highest BCUT2D eigenvalue weighted by molar-refractivity contribution is 7.10. The summed E-state index contributed by atoms with van der Waals surface area (Å²) in [6, 6.07) is 12.0. The number of pyridine rings is 1. The Morgan fingerprint density at radius 3 is 2.80 bits per heavy atom. The Labute approximate surface area is 178 Å². The normalized spacial score (nSPS) is 17.7.